The number of benzene rings is 1. The lowest BCUT2D eigenvalue weighted by Gasteiger charge is -2.22. The van der Waals surface area contributed by atoms with Gasteiger partial charge in [-0.15, -0.1) is 0 Å². The van der Waals surface area contributed by atoms with Crippen molar-refractivity contribution in [3.05, 3.63) is 35.5 Å². The van der Waals surface area contributed by atoms with Crippen molar-refractivity contribution in [1.29, 1.82) is 0 Å². The Kier molecular flexibility index (Phi) is 3.75. The van der Waals surface area contributed by atoms with Crippen molar-refractivity contribution in [1.82, 2.24) is 10.3 Å². The summed E-state index contributed by atoms with van der Waals surface area (Å²) >= 11 is 0. The van der Waals surface area contributed by atoms with Gasteiger partial charge in [-0.25, -0.2) is 4.79 Å². The first kappa shape index (κ1) is 13.8. The Bertz CT molecular complexity index is 679. The van der Waals surface area contributed by atoms with Crippen molar-refractivity contribution in [3.8, 4) is 5.75 Å². The van der Waals surface area contributed by atoms with Gasteiger partial charge in [-0.1, -0.05) is 0 Å². The van der Waals surface area contributed by atoms with Gasteiger partial charge in [0.1, 0.15) is 5.75 Å². The molecule has 2 N–H and O–H groups in total. The highest BCUT2D eigenvalue weighted by molar-refractivity contribution is 6.03. The number of pyridine rings is 1. The summed E-state index contributed by atoms with van der Waals surface area (Å²) in [4.78, 5) is 16.2. The lowest BCUT2D eigenvalue weighted by atomic mass is 9.92. The predicted molar refractivity (Wildman–Crippen MR) is 80.1 cm³/mol. The molecule has 0 spiro atoms. The third-order valence-electron chi connectivity index (χ3n) is 4.02. The summed E-state index contributed by atoms with van der Waals surface area (Å²) in [6.45, 7) is 1.91. The SMILES string of the molecule is COc1ccc2nc(C3CCNCC3)cc(C(=O)O)c2c1. The minimum Gasteiger partial charge on any atom is -0.497 e. The zero-order valence-electron chi connectivity index (χ0n) is 11.9. The molecule has 5 heteroatoms. The number of carbonyl (C=O) groups is 1. The lowest BCUT2D eigenvalue weighted by molar-refractivity contribution is 0.0699. The summed E-state index contributed by atoms with van der Waals surface area (Å²) in [6, 6.07) is 7.09. The van der Waals surface area contributed by atoms with Gasteiger partial charge in [-0.3, -0.25) is 4.98 Å². The number of piperidine rings is 1. The predicted octanol–water partition coefficient (Wildman–Crippen LogP) is 2.41. The van der Waals surface area contributed by atoms with E-state index in [1.165, 1.54) is 0 Å². The molecule has 0 amide bonds. The Morgan fingerprint density at radius 3 is 2.76 bits per heavy atom. The number of methoxy groups -OCH3 is 1. The third kappa shape index (κ3) is 2.69. The molecule has 3 rings (SSSR count). The molecule has 1 fully saturated rings. The maximum Gasteiger partial charge on any atom is 0.336 e. The molecule has 1 aliphatic heterocycles. The zero-order valence-corrected chi connectivity index (χ0v) is 11.9. The molecule has 1 aromatic heterocycles. The van der Waals surface area contributed by atoms with Gasteiger partial charge in [0, 0.05) is 17.0 Å². The highest BCUT2D eigenvalue weighted by Gasteiger charge is 2.20. The molecule has 110 valence electrons. The second-order valence-electron chi connectivity index (χ2n) is 5.31. The topological polar surface area (TPSA) is 71.5 Å². The maximum absolute atomic E-state index is 11.6. The molecule has 1 saturated heterocycles. The Morgan fingerprint density at radius 1 is 1.33 bits per heavy atom. The number of hydrogen-bond donors (Lipinski definition) is 2. The monoisotopic (exact) mass is 286 g/mol. The number of fused-ring (bicyclic) bond motifs is 1. The van der Waals surface area contributed by atoms with Crippen LogP contribution in [0.25, 0.3) is 10.9 Å². The molecule has 0 atom stereocenters. The van der Waals surface area contributed by atoms with Crippen LogP contribution < -0.4 is 10.1 Å². The molecule has 5 nitrogen and oxygen atoms in total. The Labute approximate surface area is 123 Å². The molecule has 1 aliphatic rings. The van der Waals surface area contributed by atoms with E-state index in [1.54, 1.807) is 19.2 Å². The first-order chi connectivity index (χ1) is 10.2. The van der Waals surface area contributed by atoms with E-state index in [2.05, 4.69) is 10.3 Å². The van der Waals surface area contributed by atoms with Crippen LogP contribution in [0, 0.1) is 0 Å². The van der Waals surface area contributed by atoms with Gasteiger partial charge in [0.25, 0.3) is 0 Å². The highest BCUT2D eigenvalue weighted by Crippen LogP contribution is 2.29. The van der Waals surface area contributed by atoms with Crippen LogP contribution >= 0.6 is 0 Å². The molecule has 21 heavy (non-hydrogen) atoms. The number of aromatic carboxylic acids is 1. The number of nitrogens with one attached hydrogen (secondary N) is 1. The fourth-order valence-electron chi connectivity index (χ4n) is 2.86. The lowest BCUT2D eigenvalue weighted by Crippen LogP contribution is -2.27. The quantitative estimate of drug-likeness (QED) is 0.906. The average molecular weight is 286 g/mol. The Hall–Kier alpha value is -2.14. The van der Waals surface area contributed by atoms with Gasteiger partial charge in [0.2, 0.25) is 0 Å². The van der Waals surface area contributed by atoms with E-state index in [1.807, 2.05) is 12.1 Å². The summed E-state index contributed by atoms with van der Waals surface area (Å²) in [7, 11) is 1.57. The van der Waals surface area contributed by atoms with E-state index >= 15 is 0 Å². The zero-order chi connectivity index (χ0) is 14.8. The van der Waals surface area contributed by atoms with Crippen LogP contribution in [0.5, 0.6) is 5.75 Å². The fraction of sp³-hybridized carbons (Fsp3) is 0.375. The highest BCUT2D eigenvalue weighted by atomic mass is 16.5. The first-order valence-electron chi connectivity index (χ1n) is 7.11. The number of ether oxygens (including phenoxy) is 1. The van der Waals surface area contributed by atoms with E-state index in [0.717, 1.165) is 31.6 Å². The molecule has 0 saturated carbocycles. The third-order valence-corrected chi connectivity index (χ3v) is 4.02. The summed E-state index contributed by atoms with van der Waals surface area (Å²) in [6.07, 6.45) is 1.99. The van der Waals surface area contributed by atoms with Gasteiger partial charge in [-0.05, 0) is 50.2 Å². The van der Waals surface area contributed by atoms with E-state index in [4.69, 9.17) is 4.74 Å². The van der Waals surface area contributed by atoms with Crippen molar-refractivity contribution >= 4 is 16.9 Å². The summed E-state index contributed by atoms with van der Waals surface area (Å²) in [5.74, 6) is 0.0445. The molecule has 2 aromatic rings. The summed E-state index contributed by atoms with van der Waals surface area (Å²) in [5.41, 5.74) is 1.89. The molecular weight excluding hydrogens is 268 g/mol. The molecule has 1 aromatic carbocycles. The van der Waals surface area contributed by atoms with Gasteiger partial charge in [0.05, 0.1) is 18.2 Å². The van der Waals surface area contributed by atoms with Crippen molar-refractivity contribution in [2.45, 2.75) is 18.8 Å². The number of hydrogen-bond acceptors (Lipinski definition) is 4. The molecular formula is C16H18N2O3. The summed E-state index contributed by atoms with van der Waals surface area (Å²) < 4.78 is 5.17. The number of rotatable bonds is 3. The smallest absolute Gasteiger partial charge is 0.336 e. The van der Waals surface area contributed by atoms with Crippen molar-refractivity contribution in [2.24, 2.45) is 0 Å². The van der Waals surface area contributed by atoms with Gasteiger partial charge < -0.3 is 15.2 Å². The average Bonchev–Trinajstić information content (AvgIpc) is 2.54. The van der Waals surface area contributed by atoms with Crippen molar-refractivity contribution in [3.63, 3.8) is 0 Å². The van der Waals surface area contributed by atoms with E-state index < -0.39 is 5.97 Å². The van der Waals surface area contributed by atoms with Crippen LogP contribution in [0.15, 0.2) is 24.3 Å². The maximum atomic E-state index is 11.6. The number of nitrogens with zero attached hydrogens (tertiary/aromatic N) is 1. The summed E-state index contributed by atoms with van der Waals surface area (Å²) in [5, 5.41) is 13.4. The number of aromatic nitrogens is 1. The molecule has 0 aliphatic carbocycles. The molecule has 0 radical (unpaired) electrons. The van der Waals surface area contributed by atoms with Crippen LogP contribution in [0.1, 0.15) is 34.8 Å². The normalized spacial score (nSPS) is 16.0. The minimum absolute atomic E-state index is 0.299. The second kappa shape index (κ2) is 5.69. The number of carboxylic acid groups (broad SMARTS) is 1. The van der Waals surface area contributed by atoms with Crippen LogP contribution in [0.3, 0.4) is 0 Å². The number of carboxylic acids is 1. The Balaban J connectivity index is 2.13. The van der Waals surface area contributed by atoms with Crippen molar-refractivity contribution in [2.75, 3.05) is 20.2 Å². The van der Waals surface area contributed by atoms with E-state index in [0.29, 0.717) is 28.1 Å². The van der Waals surface area contributed by atoms with Crippen LogP contribution in [0.4, 0.5) is 0 Å². The van der Waals surface area contributed by atoms with Gasteiger partial charge in [-0.2, -0.15) is 0 Å². The van der Waals surface area contributed by atoms with Crippen molar-refractivity contribution < 1.29 is 14.6 Å². The molecule has 0 bridgehead atoms. The largest absolute Gasteiger partial charge is 0.497 e. The first-order valence-corrected chi connectivity index (χ1v) is 7.11. The molecule has 0 unspecified atom stereocenters. The van der Waals surface area contributed by atoms with Crippen LogP contribution in [0.2, 0.25) is 0 Å². The van der Waals surface area contributed by atoms with Crippen LogP contribution in [-0.2, 0) is 0 Å². The fourth-order valence-corrected chi connectivity index (χ4v) is 2.86. The van der Waals surface area contributed by atoms with Gasteiger partial charge in [0.15, 0.2) is 0 Å². The van der Waals surface area contributed by atoms with E-state index in [9.17, 15) is 9.90 Å². The van der Waals surface area contributed by atoms with Gasteiger partial charge >= 0.3 is 5.97 Å². The van der Waals surface area contributed by atoms with E-state index in [-0.39, 0.29) is 0 Å². The standard InChI is InChI=1S/C16H18N2O3/c1-21-11-2-3-14-12(8-11)13(16(19)20)9-15(18-14)10-4-6-17-7-5-10/h2-3,8-10,17H,4-7H2,1H3,(H,19,20). The van der Waals surface area contributed by atoms with Crippen LogP contribution in [-0.4, -0.2) is 36.3 Å². The molecule has 2 heterocycles. The second-order valence-corrected chi connectivity index (χ2v) is 5.31. The minimum atomic E-state index is -0.925. The Morgan fingerprint density at radius 2 is 2.10 bits per heavy atom.